The number of hydrogen-bond acceptors (Lipinski definition) is 3. The Balaban J connectivity index is 2.82. The van der Waals surface area contributed by atoms with Crippen LogP contribution in [0.3, 0.4) is 0 Å². The summed E-state index contributed by atoms with van der Waals surface area (Å²) < 4.78 is 28.0. The van der Waals surface area contributed by atoms with E-state index in [1.165, 1.54) is 12.1 Å². The third-order valence-corrected chi connectivity index (χ3v) is 4.09. The Morgan fingerprint density at radius 1 is 1.33 bits per heavy atom. The molecule has 84 valence electrons. The minimum atomic E-state index is -3.52. The highest BCUT2D eigenvalue weighted by Gasteiger charge is 2.20. The highest BCUT2D eigenvalue weighted by molar-refractivity contribution is 7.87. The van der Waals surface area contributed by atoms with Crippen LogP contribution in [-0.4, -0.2) is 13.7 Å². The predicted octanol–water partition coefficient (Wildman–Crippen LogP) is 2.85. The fourth-order valence-electron chi connectivity index (χ4n) is 0.911. The molecule has 0 N–H and O–H groups in total. The fraction of sp³-hybridized carbons (Fsp3) is 0.400. The van der Waals surface area contributed by atoms with Gasteiger partial charge in [-0.3, -0.25) is 0 Å². The molecule has 0 radical (unpaired) electrons. The van der Waals surface area contributed by atoms with Crippen LogP contribution in [0, 0.1) is 0 Å². The minimum Gasteiger partial charge on any atom is -0.382 e. The van der Waals surface area contributed by atoms with Crippen LogP contribution in [0.15, 0.2) is 24.3 Å². The van der Waals surface area contributed by atoms with Gasteiger partial charge in [0.2, 0.25) is 0 Å². The Morgan fingerprint density at radius 3 is 2.33 bits per heavy atom. The molecule has 5 heteroatoms. The molecule has 0 aliphatic heterocycles. The minimum absolute atomic E-state index is 0.291. The zero-order valence-electron chi connectivity index (χ0n) is 8.60. The molecule has 1 rings (SSSR count). The molecule has 0 bridgehead atoms. The molecular formula is C10H13ClO3S. The van der Waals surface area contributed by atoms with Gasteiger partial charge in [-0.2, -0.15) is 8.42 Å². The molecule has 0 aliphatic carbocycles. The van der Waals surface area contributed by atoms with E-state index in [9.17, 15) is 8.42 Å². The van der Waals surface area contributed by atoms with E-state index in [1.807, 2.05) is 0 Å². The first-order valence-corrected chi connectivity index (χ1v) is 6.49. The molecular weight excluding hydrogens is 236 g/mol. The average molecular weight is 249 g/mol. The van der Waals surface area contributed by atoms with Gasteiger partial charge in [0.05, 0.1) is 5.25 Å². The lowest BCUT2D eigenvalue weighted by molar-refractivity contribution is 0.472. The van der Waals surface area contributed by atoms with Gasteiger partial charge in [0.25, 0.3) is 0 Å². The van der Waals surface area contributed by atoms with Crippen LogP contribution in [0.2, 0.25) is 5.02 Å². The van der Waals surface area contributed by atoms with Crippen molar-refractivity contribution in [2.24, 2.45) is 0 Å². The normalized spacial score (nSPS) is 13.5. The summed E-state index contributed by atoms with van der Waals surface area (Å²) in [6.45, 7) is 3.42. The van der Waals surface area contributed by atoms with Gasteiger partial charge in [-0.05, 0) is 37.6 Å². The Labute approximate surface area is 95.1 Å². The summed E-state index contributed by atoms with van der Waals surface area (Å²) in [7, 11) is -3.52. The fourth-order valence-corrected chi connectivity index (χ4v) is 1.99. The second-order valence-corrected chi connectivity index (χ2v) is 5.64. The molecule has 0 saturated heterocycles. The van der Waals surface area contributed by atoms with Crippen molar-refractivity contribution in [2.45, 2.75) is 25.5 Å². The van der Waals surface area contributed by atoms with Crippen LogP contribution >= 0.6 is 11.6 Å². The molecule has 0 aliphatic rings. The zero-order chi connectivity index (χ0) is 11.5. The number of benzene rings is 1. The molecule has 3 nitrogen and oxygen atoms in total. The topological polar surface area (TPSA) is 43.4 Å². The maximum Gasteiger partial charge on any atom is 0.311 e. The Kier molecular flexibility index (Phi) is 3.99. The SMILES string of the molecule is CCC(C)S(=O)(=O)Oc1ccc(Cl)cc1. The second kappa shape index (κ2) is 4.86. The maximum absolute atomic E-state index is 11.6. The third kappa shape index (κ3) is 3.39. The van der Waals surface area contributed by atoms with E-state index >= 15 is 0 Å². The van der Waals surface area contributed by atoms with Crippen LogP contribution in [0.4, 0.5) is 0 Å². The molecule has 1 atom stereocenters. The molecule has 15 heavy (non-hydrogen) atoms. The second-order valence-electron chi connectivity index (χ2n) is 3.25. The molecule has 1 aromatic carbocycles. The molecule has 1 aromatic rings. The lowest BCUT2D eigenvalue weighted by Gasteiger charge is -2.11. The van der Waals surface area contributed by atoms with Crippen molar-refractivity contribution in [3.05, 3.63) is 29.3 Å². The molecule has 0 spiro atoms. The van der Waals surface area contributed by atoms with Crippen LogP contribution in [0.25, 0.3) is 0 Å². The largest absolute Gasteiger partial charge is 0.382 e. The van der Waals surface area contributed by atoms with Gasteiger partial charge in [0, 0.05) is 5.02 Å². The monoisotopic (exact) mass is 248 g/mol. The Hall–Kier alpha value is -0.740. The van der Waals surface area contributed by atoms with Gasteiger partial charge >= 0.3 is 10.1 Å². The van der Waals surface area contributed by atoms with Gasteiger partial charge in [-0.25, -0.2) is 0 Å². The summed E-state index contributed by atoms with van der Waals surface area (Å²) in [6, 6.07) is 6.23. The van der Waals surface area contributed by atoms with Crippen LogP contribution < -0.4 is 4.18 Å². The first-order chi connectivity index (χ1) is 6.95. The summed E-state index contributed by atoms with van der Waals surface area (Å²) in [6.07, 6.45) is 0.524. The van der Waals surface area contributed by atoms with E-state index in [2.05, 4.69) is 0 Å². The average Bonchev–Trinajstić information content (AvgIpc) is 2.20. The molecule has 0 amide bonds. The predicted molar refractivity (Wildman–Crippen MR) is 60.8 cm³/mol. The van der Waals surface area contributed by atoms with E-state index in [4.69, 9.17) is 15.8 Å². The maximum atomic E-state index is 11.6. The third-order valence-electron chi connectivity index (χ3n) is 2.09. The van der Waals surface area contributed by atoms with Crippen molar-refractivity contribution in [1.29, 1.82) is 0 Å². The van der Waals surface area contributed by atoms with E-state index in [0.717, 1.165) is 0 Å². The summed E-state index contributed by atoms with van der Waals surface area (Å²) in [5, 5.41) is 0.0384. The van der Waals surface area contributed by atoms with Crippen molar-refractivity contribution in [1.82, 2.24) is 0 Å². The van der Waals surface area contributed by atoms with Gasteiger partial charge in [-0.15, -0.1) is 0 Å². The quantitative estimate of drug-likeness (QED) is 0.770. The highest BCUT2D eigenvalue weighted by Crippen LogP contribution is 2.19. The van der Waals surface area contributed by atoms with Gasteiger partial charge in [0.1, 0.15) is 5.75 Å². The summed E-state index contributed by atoms with van der Waals surface area (Å²) in [5.41, 5.74) is 0. The number of halogens is 1. The Morgan fingerprint density at radius 2 is 1.87 bits per heavy atom. The van der Waals surface area contributed by atoms with Gasteiger partial charge in [-0.1, -0.05) is 18.5 Å². The van der Waals surface area contributed by atoms with Gasteiger partial charge in [0.15, 0.2) is 0 Å². The van der Waals surface area contributed by atoms with Crippen molar-refractivity contribution in [3.63, 3.8) is 0 Å². The van der Waals surface area contributed by atoms with Crippen LogP contribution in [-0.2, 0) is 10.1 Å². The molecule has 0 heterocycles. The number of rotatable bonds is 4. The lowest BCUT2D eigenvalue weighted by Crippen LogP contribution is -2.22. The van der Waals surface area contributed by atoms with Gasteiger partial charge < -0.3 is 4.18 Å². The molecule has 1 unspecified atom stereocenters. The number of hydrogen-bond donors (Lipinski definition) is 0. The molecule has 0 aromatic heterocycles. The van der Waals surface area contributed by atoms with Crippen molar-refractivity contribution >= 4 is 21.7 Å². The van der Waals surface area contributed by atoms with Crippen molar-refractivity contribution in [3.8, 4) is 5.75 Å². The van der Waals surface area contributed by atoms with E-state index in [1.54, 1.807) is 26.0 Å². The first kappa shape index (κ1) is 12.3. The first-order valence-electron chi connectivity index (χ1n) is 4.64. The zero-order valence-corrected chi connectivity index (χ0v) is 10.2. The van der Waals surface area contributed by atoms with Crippen LogP contribution in [0.1, 0.15) is 20.3 Å². The Bertz CT molecular complexity index is 411. The lowest BCUT2D eigenvalue weighted by atomic mass is 10.3. The van der Waals surface area contributed by atoms with E-state index in [0.29, 0.717) is 17.2 Å². The van der Waals surface area contributed by atoms with Crippen LogP contribution in [0.5, 0.6) is 5.75 Å². The standard InChI is InChI=1S/C10H13ClO3S/c1-3-8(2)15(12,13)14-10-6-4-9(11)5-7-10/h4-8H,3H2,1-2H3. The molecule has 0 saturated carbocycles. The highest BCUT2D eigenvalue weighted by atomic mass is 35.5. The summed E-state index contributed by atoms with van der Waals surface area (Å²) in [4.78, 5) is 0. The van der Waals surface area contributed by atoms with E-state index in [-0.39, 0.29) is 0 Å². The van der Waals surface area contributed by atoms with E-state index < -0.39 is 15.4 Å². The summed E-state index contributed by atoms with van der Waals surface area (Å²) in [5.74, 6) is 0.291. The van der Waals surface area contributed by atoms with Crippen molar-refractivity contribution < 1.29 is 12.6 Å². The smallest absolute Gasteiger partial charge is 0.311 e. The molecule has 0 fully saturated rings. The van der Waals surface area contributed by atoms with Crippen molar-refractivity contribution in [2.75, 3.05) is 0 Å². The summed E-state index contributed by atoms with van der Waals surface area (Å²) >= 11 is 5.67.